The maximum atomic E-state index is 8.24. The Bertz CT molecular complexity index is 208. The SMILES string of the molecule is N#CCc1c#cccc1. The highest BCUT2D eigenvalue weighted by atomic mass is 14.2. The standard InChI is InChI=1S/C8H5N/c9-7-6-8-4-2-1-3-5-8/h1-2,4H,6H2. The molecule has 0 fully saturated rings. The lowest BCUT2D eigenvalue weighted by atomic mass is 10.2. The van der Waals surface area contributed by atoms with Gasteiger partial charge in [0.15, 0.2) is 0 Å². The summed E-state index contributed by atoms with van der Waals surface area (Å²) in [6, 6.07) is 13.1. The Morgan fingerprint density at radius 3 is 3.11 bits per heavy atom. The Morgan fingerprint density at radius 2 is 2.56 bits per heavy atom. The largest absolute Gasteiger partial charge is 0.198 e. The molecule has 0 N–H and O–H groups in total. The predicted octanol–water partition coefficient (Wildman–Crippen LogP) is 1.35. The molecule has 0 aromatic heterocycles. The van der Waals surface area contributed by atoms with Crippen LogP contribution < -0.4 is 0 Å². The fourth-order valence-electron chi connectivity index (χ4n) is 0.577. The molecule has 1 nitrogen and oxygen atoms in total. The van der Waals surface area contributed by atoms with E-state index in [2.05, 4.69) is 12.1 Å². The van der Waals surface area contributed by atoms with E-state index in [0.29, 0.717) is 6.42 Å². The molecule has 42 valence electrons. The zero-order valence-corrected chi connectivity index (χ0v) is 4.89. The van der Waals surface area contributed by atoms with Crippen molar-refractivity contribution in [2.24, 2.45) is 0 Å². The summed E-state index contributed by atoms with van der Waals surface area (Å²) in [5.74, 6) is 0. The highest BCUT2D eigenvalue weighted by molar-refractivity contribution is 5.11. The Kier molecular flexibility index (Phi) is 1.73. The normalized spacial score (nSPS) is 7.44. The van der Waals surface area contributed by atoms with E-state index in [1.807, 2.05) is 18.2 Å². The third-order valence-electron chi connectivity index (χ3n) is 0.979. The van der Waals surface area contributed by atoms with Crippen LogP contribution in [0.1, 0.15) is 5.56 Å². The van der Waals surface area contributed by atoms with Gasteiger partial charge in [-0.25, -0.2) is 0 Å². The summed E-state index contributed by atoms with van der Waals surface area (Å²) in [5.41, 5.74) is 0.903. The molecule has 0 aliphatic rings. The first-order valence-electron chi connectivity index (χ1n) is 2.67. The van der Waals surface area contributed by atoms with Crippen LogP contribution in [0.15, 0.2) is 18.2 Å². The quantitative estimate of drug-likeness (QED) is 0.542. The third kappa shape index (κ3) is 1.48. The molecule has 0 unspecified atom stereocenters. The third-order valence-corrected chi connectivity index (χ3v) is 0.979. The second kappa shape index (κ2) is 2.74. The molecule has 0 saturated heterocycles. The van der Waals surface area contributed by atoms with Crippen LogP contribution in [-0.4, -0.2) is 0 Å². The van der Waals surface area contributed by atoms with E-state index in [-0.39, 0.29) is 0 Å². The van der Waals surface area contributed by atoms with Crippen molar-refractivity contribution in [3.63, 3.8) is 0 Å². The van der Waals surface area contributed by atoms with Crippen LogP contribution in [0.25, 0.3) is 0 Å². The van der Waals surface area contributed by atoms with Gasteiger partial charge in [0.05, 0.1) is 12.5 Å². The van der Waals surface area contributed by atoms with E-state index in [1.165, 1.54) is 0 Å². The molecule has 0 heterocycles. The van der Waals surface area contributed by atoms with Gasteiger partial charge in [-0.15, -0.1) is 0 Å². The van der Waals surface area contributed by atoms with Crippen molar-refractivity contribution in [1.29, 1.82) is 5.26 Å². The summed E-state index contributed by atoms with van der Waals surface area (Å²) in [4.78, 5) is 0. The minimum absolute atomic E-state index is 0.428. The lowest BCUT2D eigenvalue weighted by Crippen LogP contribution is -1.74. The predicted molar refractivity (Wildman–Crippen MR) is 33.4 cm³/mol. The van der Waals surface area contributed by atoms with E-state index >= 15 is 0 Å². The van der Waals surface area contributed by atoms with Gasteiger partial charge in [0.1, 0.15) is 0 Å². The van der Waals surface area contributed by atoms with Crippen molar-refractivity contribution < 1.29 is 0 Å². The van der Waals surface area contributed by atoms with E-state index in [9.17, 15) is 0 Å². The van der Waals surface area contributed by atoms with E-state index in [4.69, 9.17) is 5.26 Å². The van der Waals surface area contributed by atoms with Crippen LogP contribution in [0.2, 0.25) is 0 Å². The molecule has 1 rings (SSSR count). The van der Waals surface area contributed by atoms with Gasteiger partial charge in [-0.05, 0) is 12.1 Å². The van der Waals surface area contributed by atoms with Crippen molar-refractivity contribution in [2.75, 3.05) is 0 Å². The summed E-state index contributed by atoms with van der Waals surface area (Å²) in [7, 11) is 0. The van der Waals surface area contributed by atoms with Crippen LogP contribution >= 0.6 is 0 Å². The highest BCUT2D eigenvalue weighted by Gasteiger charge is 1.83. The van der Waals surface area contributed by atoms with Crippen LogP contribution in [0.3, 0.4) is 0 Å². The summed E-state index contributed by atoms with van der Waals surface area (Å²) in [6.45, 7) is 0. The molecule has 1 aromatic carbocycles. The number of hydrogen-bond donors (Lipinski definition) is 0. The fourth-order valence-corrected chi connectivity index (χ4v) is 0.577. The lowest BCUT2D eigenvalue weighted by molar-refractivity contribution is 1.27. The summed E-state index contributed by atoms with van der Waals surface area (Å²) in [6.07, 6.45) is 0.428. The van der Waals surface area contributed by atoms with E-state index in [1.54, 1.807) is 6.07 Å². The monoisotopic (exact) mass is 115 g/mol. The second-order valence-electron chi connectivity index (χ2n) is 1.66. The zero-order valence-electron chi connectivity index (χ0n) is 4.89. The average molecular weight is 115 g/mol. The molecular weight excluding hydrogens is 110 g/mol. The minimum Gasteiger partial charge on any atom is -0.198 e. The summed E-state index contributed by atoms with van der Waals surface area (Å²) >= 11 is 0. The molecule has 0 bridgehead atoms. The van der Waals surface area contributed by atoms with E-state index in [0.717, 1.165) is 5.56 Å². The summed E-state index contributed by atoms with van der Waals surface area (Å²) in [5, 5.41) is 8.24. The maximum absolute atomic E-state index is 8.24. The van der Waals surface area contributed by atoms with Gasteiger partial charge < -0.3 is 0 Å². The number of nitriles is 1. The first-order valence-corrected chi connectivity index (χ1v) is 2.67. The smallest absolute Gasteiger partial charge is 0.0681 e. The molecule has 9 heavy (non-hydrogen) atoms. The topological polar surface area (TPSA) is 23.8 Å². The molecule has 0 atom stereocenters. The Labute approximate surface area is 54.6 Å². The van der Waals surface area contributed by atoms with Crippen molar-refractivity contribution >= 4 is 0 Å². The first-order chi connectivity index (χ1) is 4.43. The van der Waals surface area contributed by atoms with Gasteiger partial charge in [0.25, 0.3) is 0 Å². The first kappa shape index (κ1) is 5.66. The Hall–Kier alpha value is -1.47. The molecule has 1 aromatic rings. The zero-order chi connectivity index (χ0) is 6.53. The van der Waals surface area contributed by atoms with Gasteiger partial charge in [-0.2, -0.15) is 5.26 Å². The summed E-state index contributed by atoms with van der Waals surface area (Å²) < 4.78 is 0. The van der Waals surface area contributed by atoms with Gasteiger partial charge >= 0.3 is 0 Å². The molecule has 0 aliphatic heterocycles. The highest BCUT2D eigenvalue weighted by Crippen LogP contribution is 1.91. The molecule has 0 spiro atoms. The van der Waals surface area contributed by atoms with Gasteiger partial charge in [0.2, 0.25) is 0 Å². The van der Waals surface area contributed by atoms with Gasteiger partial charge in [0, 0.05) is 5.56 Å². The number of nitrogens with zero attached hydrogens (tertiary/aromatic N) is 1. The molecular formula is C8H5N. The van der Waals surface area contributed by atoms with Crippen LogP contribution in [-0.2, 0) is 6.42 Å². The van der Waals surface area contributed by atoms with Gasteiger partial charge in [-0.3, -0.25) is 0 Å². The van der Waals surface area contributed by atoms with E-state index < -0.39 is 0 Å². The molecule has 0 saturated carbocycles. The fraction of sp³-hybridized carbons (Fsp3) is 0.125. The minimum atomic E-state index is 0.428. The second-order valence-corrected chi connectivity index (χ2v) is 1.66. The Morgan fingerprint density at radius 1 is 1.67 bits per heavy atom. The molecule has 0 radical (unpaired) electrons. The maximum Gasteiger partial charge on any atom is 0.0681 e. The van der Waals surface area contributed by atoms with Crippen molar-refractivity contribution in [2.45, 2.75) is 6.42 Å². The van der Waals surface area contributed by atoms with Crippen LogP contribution in [0.4, 0.5) is 0 Å². The van der Waals surface area contributed by atoms with Crippen molar-refractivity contribution in [3.8, 4) is 6.07 Å². The molecule has 0 amide bonds. The van der Waals surface area contributed by atoms with Crippen LogP contribution in [0.5, 0.6) is 0 Å². The van der Waals surface area contributed by atoms with Crippen molar-refractivity contribution in [1.82, 2.24) is 0 Å². The number of rotatable bonds is 1. The van der Waals surface area contributed by atoms with Crippen molar-refractivity contribution in [3.05, 3.63) is 35.9 Å². The number of hydrogen-bond acceptors (Lipinski definition) is 1. The lowest BCUT2D eigenvalue weighted by Gasteiger charge is -1.81. The molecule has 0 aliphatic carbocycles. The Balaban J connectivity index is 2.76. The molecule has 1 heteroatoms. The average Bonchev–Trinajstić information content (AvgIpc) is 1.91. The van der Waals surface area contributed by atoms with Crippen LogP contribution in [0, 0.1) is 23.5 Å². The van der Waals surface area contributed by atoms with Gasteiger partial charge in [-0.1, -0.05) is 18.2 Å².